The minimum absolute atomic E-state index is 0.0737. The van der Waals surface area contributed by atoms with Crippen molar-refractivity contribution in [2.45, 2.75) is 64.9 Å². The smallest absolute Gasteiger partial charge is 0.475 e. The van der Waals surface area contributed by atoms with Crippen LogP contribution < -0.4 is 11.1 Å². The minimum atomic E-state index is -5.08. The third-order valence-corrected chi connectivity index (χ3v) is 6.22. The van der Waals surface area contributed by atoms with Crippen molar-refractivity contribution in [3.05, 3.63) is 34.9 Å². The highest BCUT2D eigenvalue weighted by Gasteiger charge is 2.50. The molecule has 0 aromatic heterocycles. The van der Waals surface area contributed by atoms with Gasteiger partial charge < -0.3 is 26.2 Å². The van der Waals surface area contributed by atoms with E-state index in [1.165, 1.54) is 0 Å². The molecule has 35 heavy (non-hydrogen) atoms. The molecule has 1 heterocycles. The molecule has 1 fully saturated rings. The Bertz CT molecular complexity index is 907. The van der Waals surface area contributed by atoms with Crippen LogP contribution in [0.4, 0.5) is 13.2 Å². The fourth-order valence-corrected chi connectivity index (χ4v) is 3.89. The summed E-state index contributed by atoms with van der Waals surface area (Å²) in [7, 11) is 0. The number of nitrogens with zero attached hydrogens (tertiary/aromatic N) is 1. The molecule has 0 radical (unpaired) electrons. The molecule has 8 nitrogen and oxygen atoms in total. The summed E-state index contributed by atoms with van der Waals surface area (Å²) in [6.45, 7) is 10.1. The highest BCUT2D eigenvalue weighted by molar-refractivity contribution is 6.30. The van der Waals surface area contributed by atoms with Crippen molar-refractivity contribution < 1.29 is 37.8 Å². The fraction of sp³-hybridized carbons (Fsp3) is 0.609. The van der Waals surface area contributed by atoms with Crippen LogP contribution in [0.5, 0.6) is 0 Å². The van der Waals surface area contributed by atoms with Crippen LogP contribution in [0.3, 0.4) is 0 Å². The van der Waals surface area contributed by atoms with E-state index in [0.29, 0.717) is 24.5 Å². The molecule has 198 valence electrons. The number of rotatable bonds is 5. The summed E-state index contributed by atoms with van der Waals surface area (Å²) in [4.78, 5) is 35.8. The van der Waals surface area contributed by atoms with E-state index in [1.807, 2.05) is 39.8 Å². The lowest BCUT2D eigenvalue weighted by molar-refractivity contribution is -0.192. The molecular weight excluding hydrogens is 491 g/mol. The van der Waals surface area contributed by atoms with Gasteiger partial charge in [0.15, 0.2) is 0 Å². The second-order valence-electron chi connectivity index (χ2n) is 9.58. The minimum Gasteiger partial charge on any atom is -0.475 e. The van der Waals surface area contributed by atoms with Crippen molar-refractivity contribution in [2.75, 3.05) is 13.1 Å². The Morgan fingerprint density at radius 3 is 2.00 bits per heavy atom. The zero-order valence-corrected chi connectivity index (χ0v) is 21.1. The summed E-state index contributed by atoms with van der Waals surface area (Å²) in [6, 6.07) is 5.88. The van der Waals surface area contributed by atoms with Gasteiger partial charge in [0.25, 0.3) is 0 Å². The van der Waals surface area contributed by atoms with Gasteiger partial charge >= 0.3 is 12.1 Å². The van der Waals surface area contributed by atoms with Gasteiger partial charge in [-0.3, -0.25) is 9.59 Å². The highest BCUT2D eigenvalue weighted by atomic mass is 35.5. The van der Waals surface area contributed by atoms with Gasteiger partial charge in [-0.2, -0.15) is 13.2 Å². The zero-order chi connectivity index (χ0) is 27.4. The summed E-state index contributed by atoms with van der Waals surface area (Å²) >= 11 is 5.98. The molecule has 1 aliphatic heterocycles. The average molecular weight is 524 g/mol. The number of nitrogens with one attached hydrogen (secondary N) is 1. The number of alkyl halides is 3. The summed E-state index contributed by atoms with van der Waals surface area (Å²) in [5.74, 6) is -3.32. The molecule has 0 bridgehead atoms. The van der Waals surface area contributed by atoms with Crippen LogP contribution >= 0.6 is 11.6 Å². The Hall–Kier alpha value is -2.37. The van der Waals surface area contributed by atoms with Gasteiger partial charge in [0.1, 0.15) is 6.04 Å². The Morgan fingerprint density at radius 1 is 1.14 bits per heavy atom. The Kier molecular flexibility index (Phi) is 10.1. The fourth-order valence-electron chi connectivity index (χ4n) is 3.77. The lowest BCUT2D eigenvalue weighted by atomic mass is 9.66. The van der Waals surface area contributed by atoms with Gasteiger partial charge in [0.05, 0.1) is 11.6 Å². The van der Waals surface area contributed by atoms with Crippen LogP contribution in [0, 0.1) is 11.3 Å². The van der Waals surface area contributed by atoms with E-state index < -0.39 is 35.2 Å². The molecule has 5 N–H and O–H groups in total. The molecular formula is C23H33ClF3N3O5. The van der Waals surface area contributed by atoms with Gasteiger partial charge in [-0.25, -0.2) is 4.79 Å². The Labute approximate surface area is 207 Å². The number of carboxylic acids is 1. The molecule has 0 saturated carbocycles. The van der Waals surface area contributed by atoms with Crippen molar-refractivity contribution in [3.8, 4) is 0 Å². The number of carbonyl (C=O) groups is 3. The van der Waals surface area contributed by atoms with Crippen molar-refractivity contribution in [2.24, 2.45) is 17.1 Å². The molecule has 1 aliphatic rings. The molecule has 12 heteroatoms. The second kappa shape index (κ2) is 11.6. The van der Waals surface area contributed by atoms with E-state index in [0.717, 1.165) is 5.56 Å². The topological polar surface area (TPSA) is 133 Å². The number of hydrogen-bond acceptors (Lipinski definition) is 5. The lowest BCUT2D eigenvalue weighted by Gasteiger charge is -2.51. The molecule has 3 atom stereocenters. The predicted octanol–water partition coefficient (Wildman–Crippen LogP) is 2.91. The first-order valence-electron chi connectivity index (χ1n) is 11.0. The normalized spacial score (nSPS) is 21.4. The van der Waals surface area contributed by atoms with Crippen molar-refractivity contribution in [1.29, 1.82) is 0 Å². The number of carboxylic acid groups (broad SMARTS) is 1. The van der Waals surface area contributed by atoms with Crippen LogP contribution in [0.25, 0.3) is 0 Å². The average Bonchev–Trinajstić information content (AvgIpc) is 2.73. The number of aliphatic carboxylic acids is 1. The lowest BCUT2D eigenvalue weighted by Crippen LogP contribution is -2.61. The number of benzene rings is 1. The predicted molar refractivity (Wildman–Crippen MR) is 124 cm³/mol. The van der Waals surface area contributed by atoms with Gasteiger partial charge in [0.2, 0.25) is 11.8 Å². The molecule has 2 rings (SSSR count). The van der Waals surface area contributed by atoms with E-state index in [1.54, 1.807) is 24.0 Å². The van der Waals surface area contributed by atoms with Gasteiger partial charge in [0, 0.05) is 23.5 Å². The molecule has 0 aliphatic carbocycles. The third-order valence-electron chi connectivity index (χ3n) is 5.97. The third kappa shape index (κ3) is 7.81. The van der Waals surface area contributed by atoms with Gasteiger partial charge in [-0.15, -0.1) is 0 Å². The molecule has 0 unspecified atom stereocenters. The molecule has 0 spiro atoms. The summed E-state index contributed by atoms with van der Waals surface area (Å²) in [5.41, 5.74) is 4.77. The maximum Gasteiger partial charge on any atom is 0.490 e. The molecule has 2 amide bonds. The molecule has 1 aromatic carbocycles. The molecule has 1 aromatic rings. The largest absolute Gasteiger partial charge is 0.490 e. The first kappa shape index (κ1) is 30.7. The number of nitrogens with two attached hydrogens (primary N) is 1. The first-order chi connectivity index (χ1) is 15.8. The number of hydrogen-bond donors (Lipinski definition) is 4. The van der Waals surface area contributed by atoms with E-state index in [-0.39, 0.29) is 17.7 Å². The monoisotopic (exact) mass is 523 g/mol. The number of carbonyl (C=O) groups excluding carboxylic acids is 2. The number of amides is 2. The Morgan fingerprint density at radius 2 is 1.63 bits per heavy atom. The number of halogens is 4. The van der Waals surface area contributed by atoms with Crippen molar-refractivity contribution in [1.82, 2.24) is 10.2 Å². The summed E-state index contributed by atoms with van der Waals surface area (Å²) < 4.78 is 31.7. The highest BCUT2D eigenvalue weighted by Crippen LogP contribution is 2.46. The maximum absolute atomic E-state index is 13.1. The standard InChI is InChI=1S/C21H32ClN3O3.C2HF3O2/c1-13(2)17(24-18(26)14(3)23)19(27)25-11-10-21(28,20(4,5)12-25)15-6-8-16(22)9-7-15;3-2(4,5)1(6)7/h6-9,13-14,17,28H,10-12,23H2,1-5H3,(H,24,26);(H,6,7)/t14-,17+,21-;/m0./s1. The van der Waals surface area contributed by atoms with E-state index in [9.17, 15) is 27.9 Å². The van der Waals surface area contributed by atoms with Crippen LogP contribution in [-0.2, 0) is 20.0 Å². The van der Waals surface area contributed by atoms with Gasteiger partial charge in [-0.1, -0.05) is 51.4 Å². The van der Waals surface area contributed by atoms with Crippen LogP contribution in [0.1, 0.15) is 46.6 Å². The van der Waals surface area contributed by atoms with Gasteiger partial charge in [-0.05, 0) is 37.0 Å². The van der Waals surface area contributed by atoms with E-state index >= 15 is 0 Å². The van der Waals surface area contributed by atoms with Crippen LogP contribution in [0.15, 0.2) is 24.3 Å². The zero-order valence-electron chi connectivity index (χ0n) is 20.3. The molecule has 1 saturated heterocycles. The SMILES string of the molecule is CC(C)[C@@H](NC(=O)[C@H](C)N)C(=O)N1CC[C@](O)(c2ccc(Cl)cc2)C(C)(C)C1.O=C(O)C(F)(F)F. The maximum atomic E-state index is 13.1. The number of aliphatic hydroxyl groups is 1. The van der Waals surface area contributed by atoms with Crippen molar-refractivity contribution >= 4 is 29.4 Å². The quantitative estimate of drug-likeness (QED) is 0.469. The first-order valence-corrected chi connectivity index (χ1v) is 11.3. The Balaban J connectivity index is 0.000000762. The van der Waals surface area contributed by atoms with Crippen LogP contribution in [-0.4, -0.2) is 64.2 Å². The second-order valence-corrected chi connectivity index (χ2v) is 10.0. The summed E-state index contributed by atoms with van der Waals surface area (Å²) in [5, 5.41) is 22.0. The van der Waals surface area contributed by atoms with E-state index in [4.69, 9.17) is 27.2 Å². The summed E-state index contributed by atoms with van der Waals surface area (Å²) in [6.07, 6.45) is -4.68. The number of likely N-dealkylation sites (tertiary alicyclic amines) is 1. The number of piperidine rings is 1. The van der Waals surface area contributed by atoms with E-state index in [2.05, 4.69) is 5.32 Å². The van der Waals surface area contributed by atoms with Crippen LogP contribution in [0.2, 0.25) is 5.02 Å². The van der Waals surface area contributed by atoms with Crippen molar-refractivity contribution in [3.63, 3.8) is 0 Å².